The molecule has 142 valence electrons. The van der Waals surface area contributed by atoms with E-state index in [1.54, 1.807) is 12.1 Å². The van der Waals surface area contributed by atoms with Gasteiger partial charge in [0.1, 0.15) is 0 Å². The minimum atomic E-state index is -0.725. The molecule has 26 heavy (non-hydrogen) atoms. The van der Waals surface area contributed by atoms with Crippen LogP contribution in [0.5, 0.6) is 5.75 Å². The average Bonchev–Trinajstić information content (AvgIpc) is 2.62. The Kier molecular flexibility index (Phi) is 5.58. The molecule has 4 amide bonds. The van der Waals surface area contributed by atoms with Gasteiger partial charge in [-0.25, -0.2) is 18.9 Å². The first kappa shape index (κ1) is 18.4. The highest BCUT2D eigenvalue weighted by Crippen LogP contribution is 2.23. The van der Waals surface area contributed by atoms with Gasteiger partial charge in [0.15, 0.2) is 17.9 Å². The lowest BCUT2D eigenvalue weighted by atomic mass is 10.1. The molecule has 1 atom stereocenters. The molecular weight excluding hydrogens is 343 g/mol. The van der Waals surface area contributed by atoms with E-state index in [4.69, 9.17) is 9.47 Å². The summed E-state index contributed by atoms with van der Waals surface area (Å²) in [5, 5.41) is 8.56. The maximum Gasteiger partial charge on any atom is 0.328 e. The fraction of sp³-hybridized carbons (Fsp3) is 0.529. The van der Waals surface area contributed by atoms with E-state index in [2.05, 4.69) is 16.0 Å². The van der Waals surface area contributed by atoms with Crippen molar-refractivity contribution < 1.29 is 23.5 Å². The van der Waals surface area contributed by atoms with Crippen LogP contribution in [0.25, 0.3) is 0 Å². The highest BCUT2D eigenvalue weighted by molar-refractivity contribution is 5.96. The Morgan fingerprint density at radius 1 is 1.27 bits per heavy atom. The predicted molar refractivity (Wildman–Crippen MR) is 91.0 cm³/mol. The normalized spacial score (nSPS) is 20.5. The smallest absolute Gasteiger partial charge is 0.328 e. The van der Waals surface area contributed by atoms with Crippen LogP contribution in [0.1, 0.15) is 31.4 Å². The molecule has 3 N–H and O–H groups in total. The second kappa shape index (κ2) is 7.88. The Morgan fingerprint density at radius 3 is 2.54 bits per heavy atom. The molecule has 8 nitrogen and oxygen atoms in total. The van der Waals surface area contributed by atoms with Crippen molar-refractivity contribution in [2.24, 2.45) is 0 Å². The van der Waals surface area contributed by atoms with E-state index in [9.17, 15) is 14.0 Å². The second-order valence-corrected chi connectivity index (χ2v) is 6.33. The molecule has 0 radical (unpaired) electrons. The third-order valence-electron chi connectivity index (χ3n) is 4.62. The van der Waals surface area contributed by atoms with E-state index in [0.717, 1.165) is 5.56 Å². The number of halogens is 1. The molecule has 1 aromatic carbocycles. The van der Waals surface area contributed by atoms with E-state index < -0.39 is 24.2 Å². The van der Waals surface area contributed by atoms with Crippen LogP contribution in [-0.4, -0.2) is 49.6 Å². The molecule has 2 saturated heterocycles. The molecular formula is C17H23FN4O4. The Morgan fingerprint density at radius 2 is 1.92 bits per heavy atom. The van der Waals surface area contributed by atoms with Gasteiger partial charge in [0.05, 0.1) is 7.11 Å². The Balaban J connectivity index is 1.63. The number of methoxy groups -OCH3 is 1. The first-order valence-corrected chi connectivity index (χ1v) is 8.57. The maximum absolute atomic E-state index is 13.5. The molecule has 0 saturated carbocycles. The van der Waals surface area contributed by atoms with Crippen LogP contribution < -0.4 is 20.7 Å². The molecule has 0 aliphatic carbocycles. The summed E-state index contributed by atoms with van der Waals surface area (Å²) >= 11 is 0. The summed E-state index contributed by atoms with van der Waals surface area (Å²) in [6, 6.07) is 3.21. The Labute approximate surface area is 151 Å². The Bertz CT molecular complexity index is 663. The lowest BCUT2D eigenvalue weighted by Crippen LogP contribution is -2.70. The topological polar surface area (TPSA) is 91.9 Å². The number of hydrogen-bond donors (Lipinski definition) is 3. The highest BCUT2D eigenvalue weighted by atomic mass is 19.1. The SMILES string of the molecule is COc1cc([C@H](C)NC2NC(=O)N(C3CCOCC3)C(=O)N2)ccc1F. The zero-order valence-corrected chi connectivity index (χ0v) is 14.8. The number of ether oxygens (including phenoxy) is 2. The van der Waals surface area contributed by atoms with Crippen LogP contribution in [0.4, 0.5) is 14.0 Å². The van der Waals surface area contributed by atoms with Gasteiger partial charge >= 0.3 is 12.1 Å². The van der Waals surface area contributed by atoms with Crippen LogP contribution in [0.3, 0.4) is 0 Å². The third-order valence-corrected chi connectivity index (χ3v) is 4.62. The van der Waals surface area contributed by atoms with Crippen molar-refractivity contribution in [3.05, 3.63) is 29.6 Å². The van der Waals surface area contributed by atoms with Crippen molar-refractivity contribution in [1.29, 1.82) is 0 Å². The van der Waals surface area contributed by atoms with E-state index in [1.807, 2.05) is 6.92 Å². The molecule has 2 aliphatic rings. The average molecular weight is 366 g/mol. The maximum atomic E-state index is 13.5. The van der Waals surface area contributed by atoms with Crippen molar-refractivity contribution in [2.75, 3.05) is 20.3 Å². The fourth-order valence-electron chi connectivity index (χ4n) is 3.16. The summed E-state index contributed by atoms with van der Waals surface area (Å²) in [6.07, 6.45) is 0.534. The number of hydrogen-bond acceptors (Lipinski definition) is 5. The second-order valence-electron chi connectivity index (χ2n) is 6.33. The van der Waals surface area contributed by atoms with Crippen LogP contribution >= 0.6 is 0 Å². The first-order chi connectivity index (χ1) is 12.5. The quantitative estimate of drug-likeness (QED) is 0.738. The number of imide groups is 1. The third kappa shape index (κ3) is 3.88. The lowest BCUT2D eigenvalue weighted by Gasteiger charge is -2.39. The molecule has 0 bridgehead atoms. The molecule has 2 aliphatic heterocycles. The zero-order chi connectivity index (χ0) is 18.7. The van der Waals surface area contributed by atoms with Crippen molar-refractivity contribution in [3.63, 3.8) is 0 Å². The van der Waals surface area contributed by atoms with Crippen LogP contribution in [0, 0.1) is 5.82 Å². The highest BCUT2D eigenvalue weighted by Gasteiger charge is 2.37. The fourth-order valence-corrected chi connectivity index (χ4v) is 3.16. The number of urea groups is 2. The number of benzene rings is 1. The largest absolute Gasteiger partial charge is 0.494 e. The number of nitrogens with zero attached hydrogens (tertiary/aromatic N) is 1. The minimum absolute atomic E-state index is 0.138. The first-order valence-electron chi connectivity index (χ1n) is 8.57. The van der Waals surface area contributed by atoms with Gasteiger partial charge in [0, 0.05) is 25.3 Å². The minimum Gasteiger partial charge on any atom is -0.494 e. The van der Waals surface area contributed by atoms with Gasteiger partial charge in [-0.15, -0.1) is 0 Å². The molecule has 0 aromatic heterocycles. The molecule has 0 spiro atoms. The summed E-state index contributed by atoms with van der Waals surface area (Å²) in [5.41, 5.74) is 0.763. The van der Waals surface area contributed by atoms with Crippen LogP contribution in [-0.2, 0) is 4.74 Å². The van der Waals surface area contributed by atoms with Gasteiger partial charge in [-0.3, -0.25) is 5.32 Å². The number of rotatable bonds is 5. The molecule has 2 heterocycles. The molecule has 2 fully saturated rings. The van der Waals surface area contributed by atoms with Gasteiger partial charge < -0.3 is 20.1 Å². The summed E-state index contributed by atoms with van der Waals surface area (Å²) in [6.45, 7) is 2.91. The lowest BCUT2D eigenvalue weighted by molar-refractivity contribution is 0.0492. The summed E-state index contributed by atoms with van der Waals surface area (Å²) in [4.78, 5) is 26.0. The van der Waals surface area contributed by atoms with E-state index >= 15 is 0 Å². The zero-order valence-electron chi connectivity index (χ0n) is 14.8. The van der Waals surface area contributed by atoms with Gasteiger partial charge in [-0.2, -0.15) is 0 Å². The summed E-state index contributed by atoms with van der Waals surface area (Å²) < 4.78 is 23.8. The van der Waals surface area contributed by atoms with E-state index in [0.29, 0.717) is 26.1 Å². The number of amides is 4. The van der Waals surface area contributed by atoms with E-state index in [1.165, 1.54) is 18.1 Å². The number of carbonyl (C=O) groups is 2. The molecule has 9 heteroatoms. The van der Waals surface area contributed by atoms with Crippen molar-refractivity contribution in [1.82, 2.24) is 20.9 Å². The molecule has 1 aromatic rings. The van der Waals surface area contributed by atoms with Gasteiger partial charge in [-0.1, -0.05) is 6.07 Å². The summed E-state index contributed by atoms with van der Waals surface area (Å²) in [5.74, 6) is -0.312. The van der Waals surface area contributed by atoms with Gasteiger partial charge in [0.2, 0.25) is 0 Å². The van der Waals surface area contributed by atoms with Crippen LogP contribution in [0.2, 0.25) is 0 Å². The number of nitrogens with one attached hydrogen (secondary N) is 3. The molecule has 0 unspecified atom stereocenters. The van der Waals surface area contributed by atoms with Crippen molar-refractivity contribution in [2.45, 2.75) is 38.1 Å². The van der Waals surface area contributed by atoms with Crippen LogP contribution in [0.15, 0.2) is 18.2 Å². The van der Waals surface area contributed by atoms with Crippen molar-refractivity contribution >= 4 is 12.1 Å². The monoisotopic (exact) mass is 366 g/mol. The standard InChI is InChI=1S/C17H23FN4O4/c1-10(11-3-4-13(18)14(9-11)25-2)19-15-20-16(23)22(17(24)21-15)12-5-7-26-8-6-12/h3-4,9-10,12,15,19H,5-8H2,1-2H3,(H,20,23)(H,21,24)/t10-/m0/s1. The van der Waals surface area contributed by atoms with Gasteiger partial charge in [0.25, 0.3) is 0 Å². The number of carbonyl (C=O) groups excluding carboxylic acids is 2. The van der Waals surface area contributed by atoms with Gasteiger partial charge in [-0.05, 0) is 37.5 Å². The Hall–Kier alpha value is -2.39. The summed E-state index contributed by atoms with van der Waals surface area (Å²) in [7, 11) is 1.40. The van der Waals surface area contributed by atoms with Crippen molar-refractivity contribution in [3.8, 4) is 5.75 Å². The van der Waals surface area contributed by atoms with E-state index in [-0.39, 0.29) is 17.8 Å². The molecule has 3 rings (SSSR count). The predicted octanol–water partition coefficient (Wildman–Crippen LogP) is 1.68.